The van der Waals surface area contributed by atoms with Gasteiger partial charge in [-0.3, -0.25) is 0 Å². The van der Waals surface area contributed by atoms with Crippen molar-refractivity contribution in [2.24, 2.45) is 5.73 Å². The second-order valence-electron chi connectivity index (χ2n) is 3.50. The summed E-state index contributed by atoms with van der Waals surface area (Å²) in [6.45, 7) is 1.59. The quantitative estimate of drug-likeness (QED) is 0.759. The normalized spacial score (nSPS) is 30.5. The van der Waals surface area contributed by atoms with Crippen molar-refractivity contribution < 1.29 is 13.3 Å². The Morgan fingerprint density at radius 2 is 2.31 bits per heavy atom. The van der Waals surface area contributed by atoms with Crippen molar-refractivity contribution in [2.45, 2.75) is 24.7 Å². The van der Waals surface area contributed by atoms with Crippen LogP contribution in [0.4, 0.5) is 8.78 Å². The number of aryl methyl sites for hydroxylation is 1. The van der Waals surface area contributed by atoms with Crippen molar-refractivity contribution in [3.05, 3.63) is 17.5 Å². The van der Waals surface area contributed by atoms with Crippen LogP contribution in [0.3, 0.4) is 0 Å². The average molecular weight is 188 g/mol. The van der Waals surface area contributed by atoms with E-state index < -0.39 is 11.3 Å². The number of alkyl halides is 2. The molecule has 0 spiro atoms. The third kappa shape index (κ3) is 0.997. The lowest BCUT2D eigenvalue weighted by atomic mass is 10.0. The predicted octanol–water partition coefficient (Wildman–Crippen LogP) is 1.22. The maximum atomic E-state index is 13.0. The van der Waals surface area contributed by atoms with Gasteiger partial charge in [-0.25, -0.2) is 8.78 Å². The fourth-order valence-electron chi connectivity index (χ4n) is 1.51. The average Bonchev–Trinajstić information content (AvgIpc) is 2.43. The Bertz CT molecular complexity index is 337. The first kappa shape index (κ1) is 8.62. The smallest absolute Gasteiger partial charge is 0.263 e. The van der Waals surface area contributed by atoms with E-state index in [2.05, 4.69) is 5.16 Å². The summed E-state index contributed by atoms with van der Waals surface area (Å²) < 4.78 is 30.8. The maximum Gasteiger partial charge on any atom is 0.263 e. The van der Waals surface area contributed by atoms with Gasteiger partial charge in [-0.1, -0.05) is 5.16 Å². The molecule has 1 aromatic rings. The lowest BCUT2D eigenvalue weighted by molar-refractivity contribution is 0.0819. The molecule has 0 aromatic carbocycles. The minimum atomic E-state index is -2.73. The number of hydrogen-bond donors (Lipinski definition) is 1. The van der Waals surface area contributed by atoms with E-state index in [1.165, 1.54) is 6.07 Å². The maximum absolute atomic E-state index is 13.0. The van der Waals surface area contributed by atoms with Crippen LogP contribution in [-0.2, 0) is 5.41 Å². The fourth-order valence-corrected chi connectivity index (χ4v) is 1.51. The van der Waals surface area contributed by atoms with E-state index in [-0.39, 0.29) is 18.7 Å². The van der Waals surface area contributed by atoms with Gasteiger partial charge >= 0.3 is 0 Å². The van der Waals surface area contributed by atoms with Crippen molar-refractivity contribution in [1.29, 1.82) is 0 Å². The Kier molecular flexibility index (Phi) is 1.52. The van der Waals surface area contributed by atoms with Crippen molar-refractivity contribution >= 4 is 0 Å². The SMILES string of the molecule is Cc1cc(C2(CN)CC2(F)F)on1. The van der Waals surface area contributed by atoms with Crippen LogP contribution in [-0.4, -0.2) is 17.6 Å². The summed E-state index contributed by atoms with van der Waals surface area (Å²) >= 11 is 0. The van der Waals surface area contributed by atoms with Crippen molar-refractivity contribution in [3.8, 4) is 0 Å². The van der Waals surface area contributed by atoms with Gasteiger partial charge in [0, 0.05) is 19.0 Å². The summed E-state index contributed by atoms with van der Waals surface area (Å²) in [5.74, 6) is -2.52. The van der Waals surface area contributed by atoms with Gasteiger partial charge in [0.15, 0.2) is 5.76 Å². The van der Waals surface area contributed by atoms with Gasteiger partial charge < -0.3 is 10.3 Å². The third-order valence-corrected chi connectivity index (χ3v) is 2.55. The van der Waals surface area contributed by atoms with Crippen LogP contribution in [0.15, 0.2) is 10.6 Å². The van der Waals surface area contributed by atoms with E-state index in [4.69, 9.17) is 10.3 Å². The first-order valence-corrected chi connectivity index (χ1v) is 4.03. The molecule has 1 aromatic heterocycles. The number of nitrogens with two attached hydrogens (primary N) is 1. The van der Waals surface area contributed by atoms with E-state index in [0.29, 0.717) is 5.69 Å². The zero-order valence-electron chi connectivity index (χ0n) is 7.18. The van der Waals surface area contributed by atoms with Gasteiger partial charge in [-0.2, -0.15) is 0 Å². The zero-order chi connectivity index (χ0) is 9.69. The molecule has 1 saturated carbocycles. The van der Waals surface area contributed by atoms with E-state index in [9.17, 15) is 8.78 Å². The summed E-state index contributed by atoms with van der Waals surface area (Å²) in [6, 6.07) is 1.52. The molecule has 0 aliphatic heterocycles. The summed E-state index contributed by atoms with van der Waals surface area (Å²) in [7, 11) is 0. The molecule has 0 amide bonds. The molecule has 0 radical (unpaired) electrons. The van der Waals surface area contributed by atoms with E-state index in [1.807, 2.05) is 0 Å². The molecule has 1 fully saturated rings. The Balaban J connectivity index is 2.35. The fraction of sp³-hybridized carbons (Fsp3) is 0.625. The first-order valence-electron chi connectivity index (χ1n) is 4.03. The highest BCUT2D eigenvalue weighted by molar-refractivity contribution is 5.32. The number of halogens is 2. The van der Waals surface area contributed by atoms with Crippen LogP contribution in [0.2, 0.25) is 0 Å². The monoisotopic (exact) mass is 188 g/mol. The van der Waals surface area contributed by atoms with Crippen LogP contribution in [0.1, 0.15) is 17.9 Å². The second-order valence-corrected chi connectivity index (χ2v) is 3.50. The number of hydrogen-bond acceptors (Lipinski definition) is 3. The molecule has 1 aliphatic rings. The highest BCUT2D eigenvalue weighted by atomic mass is 19.3. The summed E-state index contributed by atoms with van der Waals surface area (Å²) in [5.41, 5.74) is 4.64. The van der Waals surface area contributed by atoms with Crippen LogP contribution in [0, 0.1) is 6.92 Å². The van der Waals surface area contributed by atoms with Crippen LogP contribution >= 0.6 is 0 Å². The molecule has 1 unspecified atom stereocenters. The molecule has 2 rings (SSSR count). The Hall–Kier alpha value is -0.970. The number of rotatable bonds is 2. The minimum Gasteiger partial charge on any atom is -0.360 e. The Labute approximate surface area is 73.9 Å². The van der Waals surface area contributed by atoms with Gasteiger partial charge in [0.2, 0.25) is 0 Å². The molecule has 2 N–H and O–H groups in total. The largest absolute Gasteiger partial charge is 0.360 e. The van der Waals surface area contributed by atoms with E-state index in [0.717, 1.165) is 0 Å². The van der Waals surface area contributed by atoms with Gasteiger partial charge in [0.25, 0.3) is 5.92 Å². The highest BCUT2D eigenvalue weighted by Crippen LogP contribution is 2.60. The van der Waals surface area contributed by atoms with Crippen LogP contribution < -0.4 is 5.73 Å². The second kappa shape index (κ2) is 2.29. The Morgan fingerprint density at radius 3 is 2.62 bits per heavy atom. The molecule has 1 heterocycles. The van der Waals surface area contributed by atoms with Gasteiger partial charge in [-0.05, 0) is 6.92 Å². The molecule has 5 heteroatoms. The Morgan fingerprint density at radius 1 is 1.69 bits per heavy atom. The molecule has 1 atom stereocenters. The lowest BCUT2D eigenvalue weighted by Gasteiger charge is -2.08. The standard InChI is InChI=1S/C8H10F2N2O/c1-5-2-6(13-12-5)7(4-11)3-8(7,9)10/h2H,3-4,11H2,1H3. The van der Waals surface area contributed by atoms with Gasteiger partial charge in [0.1, 0.15) is 5.41 Å². The van der Waals surface area contributed by atoms with Gasteiger partial charge in [0.05, 0.1) is 5.69 Å². The number of nitrogens with zero attached hydrogens (tertiary/aromatic N) is 1. The first-order chi connectivity index (χ1) is 6.02. The van der Waals surface area contributed by atoms with Crippen molar-refractivity contribution in [3.63, 3.8) is 0 Å². The van der Waals surface area contributed by atoms with Crippen LogP contribution in [0.25, 0.3) is 0 Å². The topological polar surface area (TPSA) is 52.0 Å². The molecule has 1 aliphatic carbocycles. The molecule has 13 heavy (non-hydrogen) atoms. The summed E-state index contributed by atoms with van der Waals surface area (Å²) in [4.78, 5) is 0. The lowest BCUT2D eigenvalue weighted by Crippen LogP contribution is -2.26. The summed E-state index contributed by atoms with van der Waals surface area (Å²) in [6.07, 6.45) is -0.231. The highest BCUT2D eigenvalue weighted by Gasteiger charge is 2.73. The number of aromatic nitrogens is 1. The molecule has 72 valence electrons. The molecule has 0 saturated heterocycles. The summed E-state index contributed by atoms with van der Waals surface area (Å²) in [5, 5.41) is 3.57. The molecular weight excluding hydrogens is 178 g/mol. The third-order valence-electron chi connectivity index (χ3n) is 2.55. The zero-order valence-corrected chi connectivity index (χ0v) is 7.18. The van der Waals surface area contributed by atoms with Gasteiger partial charge in [-0.15, -0.1) is 0 Å². The molecular formula is C8H10F2N2O. The molecule has 3 nitrogen and oxygen atoms in total. The van der Waals surface area contributed by atoms with Crippen molar-refractivity contribution in [2.75, 3.05) is 6.54 Å². The predicted molar refractivity (Wildman–Crippen MR) is 41.5 cm³/mol. The molecule has 0 bridgehead atoms. The van der Waals surface area contributed by atoms with Crippen molar-refractivity contribution in [1.82, 2.24) is 5.16 Å². The van der Waals surface area contributed by atoms with E-state index >= 15 is 0 Å². The van der Waals surface area contributed by atoms with E-state index in [1.54, 1.807) is 6.92 Å². The van der Waals surface area contributed by atoms with Crippen LogP contribution in [0.5, 0.6) is 0 Å². The minimum absolute atomic E-state index is 0.103.